The molecule has 148 valence electrons. The number of Topliss-reactive ketones (excluding diaryl/α,β-unsaturated/α-hetero) is 1. The number of esters is 1. The van der Waals surface area contributed by atoms with Gasteiger partial charge in [0.25, 0.3) is 0 Å². The highest BCUT2D eigenvalue weighted by Crippen LogP contribution is 2.19. The molecule has 0 amide bonds. The van der Waals surface area contributed by atoms with Gasteiger partial charge in [0.05, 0.1) is 0 Å². The van der Waals surface area contributed by atoms with Crippen molar-refractivity contribution >= 4 is 11.8 Å². The molecule has 1 heterocycles. The van der Waals surface area contributed by atoms with Crippen LogP contribution in [0.15, 0.2) is 84.9 Å². The van der Waals surface area contributed by atoms with E-state index in [1.807, 2.05) is 72.8 Å². The van der Waals surface area contributed by atoms with Crippen molar-refractivity contribution in [1.29, 1.82) is 0 Å². The molecule has 0 aliphatic rings. The van der Waals surface area contributed by atoms with Gasteiger partial charge >= 0.3 is 5.97 Å². The summed E-state index contributed by atoms with van der Waals surface area (Å²) < 4.78 is 5.07. The highest BCUT2D eigenvalue weighted by molar-refractivity contribution is 5.98. The lowest BCUT2D eigenvalue weighted by atomic mass is 10.0. The predicted molar refractivity (Wildman–Crippen MR) is 110 cm³/mol. The number of aromatic nitrogens is 4. The molecule has 0 unspecified atom stereocenters. The number of carbonyl (C=O) groups is 2. The van der Waals surface area contributed by atoms with Crippen molar-refractivity contribution in [2.75, 3.05) is 6.61 Å². The fraction of sp³-hybridized carbons (Fsp3) is 0.0870. The zero-order valence-electron chi connectivity index (χ0n) is 16.0. The van der Waals surface area contributed by atoms with Crippen molar-refractivity contribution in [2.45, 2.75) is 6.54 Å². The Morgan fingerprint density at radius 1 is 0.767 bits per heavy atom. The minimum Gasteiger partial charge on any atom is -0.456 e. The highest BCUT2D eigenvalue weighted by Gasteiger charge is 2.13. The molecule has 0 aliphatic heterocycles. The summed E-state index contributed by atoms with van der Waals surface area (Å²) in [4.78, 5) is 25.5. The average molecular weight is 398 g/mol. The van der Waals surface area contributed by atoms with Gasteiger partial charge in [-0.3, -0.25) is 4.79 Å². The van der Waals surface area contributed by atoms with Crippen LogP contribution >= 0.6 is 0 Å². The summed E-state index contributed by atoms with van der Waals surface area (Å²) >= 11 is 0. The van der Waals surface area contributed by atoms with E-state index >= 15 is 0 Å². The zero-order chi connectivity index (χ0) is 20.8. The fourth-order valence-electron chi connectivity index (χ4n) is 2.88. The minimum absolute atomic E-state index is 0.222. The number of ether oxygens (including phenoxy) is 1. The third-order valence-corrected chi connectivity index (χ3v) is 4.43. The van der Waals surface area contributed by atoms with E-state index in [0.717, 1.165) is 21.5 Å². The summed E-state index contributed by atoms with van der Waals surface area (Å²) in [6.45, 7) is -0.566. The Hall–Kier alpha value is -4.13. The van der Waals surface area contributed by atoms with Crippen LogP contribution in [0.2, 0.25) is 0 Å². The molecular weight excluding hydrogens is 380 g/mol. The Morgan fingerprint density at radius 2 is 1.37 bits per heavy atom. The average Bonchev–Trinajstić information content (AvgIpc) is 3.27. The van der Waals surface area contributed by atoms with Gasteiger partial charge in [-0.05, 0) is 16.3 Å². The van der Waals surface area contributed by atoms with Gasteiger partial charge in [-0.1, -0.05) is 84.9 Å². The maximum absolute atomic E-state index is 12.3. The molecule has 4 aromatic rings. The summed E-state index contributed by atoms with van der Waals surface area (Å²) in [7, 11) is 0. The summed E-state index contributed by atoms with van der Waals surface area (Å²) in [5.74, 6) is -0.473. The predicted octanol–water partition coefficient (Wildman–Crippen LogP) is 3.43. The van der Waals surface area contributed by atoms with E-state index in [-0.39, 0.29) is 18.9 Å². The lowest BCUT2D eigenvalue weighted by molar-refractivity contribution is -0.143. The maximum Gasteiger partial charge on any atom is 0.330 e. The van der Waals surface area contributed by atoms with Gasteiger partial charge in [-0.2, -0.15) is 4.80 Å². The van der Waals surface area contributed by atoms with Crippen LogP contribution in [0.25, 0.3) is 22.5 Å². The molecule has 3 aromatic carbocycles. The number of benzene rings is 3. The topological polar surface area (TPSA) is 87.0 Å². The Bertz CT molecular complexity index is 1140. The fourth-order valence-corrected chi connectivity index (χ4v) is 2.88. The molecule has 7 heteroatoms. The van der Waals surface area contributed by atoms with E-state index in [4.69, 9.17) is 4.74 Å². The highest BCUT2D eigenvalue weighted by atomic mass is 16.5. The molecule has 0 saturated carbocycles. The first-order valence-electron chi connectivity index (χ1n) is 9.36. The molecule has 0 aliphatic carbocycles. The van der Waals surface area contributed by atoms with E-state index in [9.17, 15) is 9.59 Å². The van der Waals surface area contributed by atoms with E-state index in [1.165, 1.54) is 0 Å². The second-order valence-electron chi connectivity index (χ2n) is 6.54. The van der Waals surface area contributed by atoms with Gasteiger partial charge in [-0.25, -0.2) is 4.79 Å². The van der Waals surface area contributed by atoms with Crippen LogP contribution in [-0.2, 0) is 16.1 Å². The normalized spacial score (nSPS) is 10.5. The van der Waals surface area contributed by atoms with Gasteiger partial charge in [0.2, 0.25) is 5.82 Å². The van der Waals surface area contributed by atoms with E-state index < -0.39 is 5.97 Å². The van der Waals surface area contributed by atoms with Gasteiger partial charge in [-0.15, -0.1) is 10.2 Å². The number of hydrogen-bond donors (Lipinski definition) is 0. The second kappa shape index (κ2) is 8.91. The second-order valence-corrected chi connectivity index (χ2v) is 6.54. The number of nitrogens with zero attached hydrogens (tertiary/aromatic N) is 4. The van der Waals surface area contributed by atoms with Gasteiger partial charge in [0.1, 0.15) is 0 Å². The lowest BCUT2D eigenvalue weighted by Crippen LogP contribution is -2.19. The Balaban J connectivity index is 1.31. The van der Waals surface area contributed by atoms with Gasteiger partial charge < -0.3 is 4.74 Å². The first kappa shape index (κ1) is 19.2. The van der Waals surface area contributed by atoms with Crippen LogP contribution in [0, 0.1) is 0 Å². The molecule has 1 aromatic heterocycles. The lowest BCUT2D eigenvalue weighted by Gasteiger charge is -2.05. The van der Waals surface area contributed by atoms with Crippen LogP contribution in [0.1, 0.15) is 10.4 Å². The van der Waals surface area contributed by atoms with Crippen LogP contribution in [0.3, 0.4) is 0 Å². The first-order valence-corrected chi connectivity index (χ1v) is 9.36. The molecule has 7 nitrogen and oxygen atoms in total. The summed E-state index contributed by atoms with van der Waals surface area (Å²) in [5, 5.41) is 11.9. The number of rotatable bonds is 7. The molecule has 0 radical (unpaired) electrons. The molecular formula is C23H18N4O3. The number of tetrazole rings is 1. The van der Waals surface area contributed by atoms with Crippen molar-refractivity contribution in [3.63, 3.8) is 0 Å². The van der Waals surface area contributed by atoms with Crippen LogP contribution in [0.5, 0.6) is 0 Å². The molecule has 0 spiro atoms. The Labute approximate surface area is 172 Å². The van der Waals surface area contributed by atoms with Gasteiger partial charge in [0, 0.05) is 11.1 Å². The molecule has 0 saturated heterocycles. The smallest absolute Gasteiger partial charge is 0.330 e. The molecule has 0 N–H and O–H groups in total. The van der Waals surface area contributed by atoms with Gasteiger partial charge in [0.15, 0.2) is 18.9 Å². The number of carbonyl (C=O) groups excluding carboxylic acids is 2. The third kappa shape index (κ3) is 4.64. The molecule has 30 heavy (non-hydrogen) atoms. The van der Waals surface area contributed by atoms with Crippen molar-refractivity contribution in [3.8, 4) is 22.5 Å². The van der Waals surface area contributed by atoms with E-state index in [2.05, 4.69) is 15.4 Å². The third-order valence-electron chi connectivity index (χ3n) is 4.43. The van der Waals surface area contributed by atoms with Crippen LogP contribution in [0.4, 0.5) is 0 Å². The maximum atomic E-state index is 12.3. The zero-order valence-corrected chi connectivity index (χ0v) is 16.0. The number of ketones is 1. The largest absolute Gasteiger partial charge is 0.456 e. The van der Waals surface area contributed by atoms with Crippen molar-refractivity contribution in [1.82, 2.24) is 20.2 Å². The SMILES string of the molecule is O=C(Cn1nnc(-c2ccccc2)n1)OCC(=O)c1ccc(-c2ccccc2)cc1. The van der Waals surface area contributed by atoms with Crippen LogP contribution < -0.4 is 0 Å². The quantitative estimate of drug-likeness (QED) is 0.350. The van der Waals surface area contributed by atoms with E-state index in [1.54, 1.807) is 12.1 Å². The molecule has 0 bridgehead atoms. The molecule has 0 atom stereocenters. The van der Waals surface area contributed by atoms with Crippen molar-refractivity contribution < 1.29 is 14.3 Å². The molecule has 0 fully saturated rings. The Morgan fingerprint density at radius 3 is 2.03 bits per heavy atom. The van der Waals surface area contributed by atoms with Crippen LogP contribution in [-0.4, -0.2) is 38.6 Å². The summed E-state index contributed by atoms with van der Waals surface area (Å²) in [6, 6.07) is 26.4. The minimum atomic E-state index is -0.610. The summed E-state index contributed by atoms with van der Waals surface area (Å²) in [5.41, 5.74) is 3.35. The number of hydrogen-bond acceptors (Lipinski definition) is 6. The van der Waals surface area contributed by atoms with Crippen molar-refractivity contribution in [3.05, 3.63) is 90.5 Å². The standard InChI is InChI=1S/C23H18N4O3/c28-21(19-13-11-18(12-14-19)17-7-3-1-4-8-17)16-30-22(29)15-27-25-23(24-26-27)20-9-5-2-6-10-20/h1-14H,15-16H2. The van der Waals surface area contributed by atoms with E-state index in [0.29, 0.717) is 11.4 Å². The van der Waals surface area contributed by atoms with Crippen molar-refractivity contribution in [2.24, 2.45) is 0 Å². The monoisotopic (exact) mass is 398 g/mol. The molecule has 4 rings (SSSR count). The summed E-state index contributed by atoms with van der Waals surface area (Å²) in [6.07, 6.45) is 0. The first-order chi connectivity index (χ1) is 14.7. The Kier molecular flexibility index (Phi) is 5.70.